The fraction of sp³-hybridized carbons (Fsp3) is 0.364. The third-order valence-corrected chi connectivity index (χ3v) is 2.08. The molecule has 0 saturated carbocycles. The van der Waals surface area contributed by atoms with Crippen molar-refractivity contribution >= 4 is 5.57 Å². The minimum absolute atomic E-state index is 1.08. The van der Waals surface area contributed by atoms with Gasteiger partial charge >= 0.3 is 0 Å². The fourth-order valence-corrected chi connectivity index (χ4v) is 1.26. The van der Waals surface area contributed by atoms with Crippen molar-refractivity contribution in [3.63, 3.8) is 0 Å². The van der Waals surface area contributed by atoms with Crippen molar-refractivity contribution in [2.75, 3.05) is 0 Å². The molecule has 64 valence electrons. The van der Waals surface area contributed by atoms with E-state index in [1.165, 1.54) is 11.1 Å². The van der Waals surface area contributed by atoms with Crippen LogP contribution in [0, 0.1) is 13.8 Å². The Kier molecular flexibility index (Phi) is 2.64. The van der Waals surface area contributed by atoms with E-state index in [9.17, 15) is 0 Å². The lowest BCUT2D eigenvalue weighted by molar-refractivity contribution is 1.11. The highest BCUT2D eigenvalue weighted by molar-refractivity contribution is 5.64. The average Bonchev–Trinajstić information content (AvgIpc) is 2.03. The molecule has 0 N–H and O–H groups in total. The van der Waals surface area contributed by atoms with Crippen molar-refractivity contribution in [2.45, 2.75) is 27.7 Å². The Morgan fingerprint density at radius 2 is 2.00 bits per heavy atom. The summed E-state index contributed by atoms with van der Waals surface area (Å²) >= 11 is 0. The molecule has 1 heterocycles. The van der Waals surface area contributed by atoms with E-state index < -0.39 is 0 Å². The zero-order valence-corrected chi connectivity index (χ0v) is 8.18. The molecule has 0 aliphatic carbocycles. The standard InChI is InChI=1S/C11H15N/c1-5-8(2)11-7-6-9(3)12-10(11)4/h5-7H,1-4H3/b8-5-. The summed E-state index contributed by atoms with van der Waals surface area (Å²) in [6.07, 6.45) is 2.11. The molecule has 12 heavy (non-hydrogen) atoms. The molecule has 1 rings (SSSR count). The van der Waals surface area contributed by atoms with Gasteiger partial charge in [-0.2, -0.15) is 0 Å². The normalized spacial score (nSPS) is 11.8. The quantitative estimate of drug-likeness (QED) is 0.616. The van der Waals surface area contributed by atoms with Crippen molar-refractivity contribution in [2.24, 2.45) is 0 Å². The Morgan fingerprint density at radius 3 is 2.50 bits per heavy atom. The van der Waals surface area contributed by atoms with Crippen LogP contribution in [0.25, 0.3) is 5.57 Å². The monoisotopic (exact) mass is 161 g/mol. The van der Waals surface area contributed by atoms with Crippen LogP contribution >= 0.6 is 0 Å². The van der Waals surface area contributed by atoms with Crippen LogP contribution in [0.4, 0.5) is 0 Å². The van der Waals surface area contributed by atoms with Gasteiger partial charge in [0.25, 0.3) is 0 Å². The summed E-state index contributed by atoms with van der Waals surface area (Å²) in [7, 11) is 0. The molecule has 0 aromatic carbocycles. The molecule has 0 spiro atoms. The second-order valence-corrected chi connectivity index (χ2v) is 3.06. The second kappa shape index (κ2) is 3.53. The predicted octanol–water partition coefficient (Wildman–Crippen LogP) is 3.12. The lowest BCUT2D eigenvalue weighted by atomic mass is 10.1. The molecule has 0 aliphatic heterocycles. The van der Waals surface area contributed by atoms with Gasteiger partial charge in [-0.25, -0.2) is 0 Å². The summed E-state index contributed by atoms with van der Waals surface area (Å²) in [5.74, 6) is 0. The Balaban J connectivity index is 3.18. The maximum atomic E-state index is 4.40. The third kappa shape index (κ3) is 1.73. The zero-order chi connectivity index (χ0) is 9.14. The Morgan fingerprint density at radius 1 is 1.33 bits per heavy atom. The van der Waals surface area contributed by atoms with E-state index in [-0.39, 0.29) is 0 Å². The molecule has 1 nitrogen and oxygen atoms in total. The first-order valence-electron chi connectivity index (χ1n) is 4.22. The van der Waals surface area contributed by atoms with E-state index in [1.54, 1.807) is 0 Å². The minimum Gasteiger partial charge on any atom is -0.258 e. The summed E-state index contributed by atoms with van der Waals surface area (Å²) in [6, 6.07) is 4.18. The minimum atomic E-state index is 1.08. The predicted molar refractivity (Wildman–Crippen MR) is 53.0 cm³/mol. The molecule has 0 unspecified atom stereocenters. The highest BCUT2D eigenvalue weighted by atomic mass is 14.7. The molecule has 0 bridgehead atoms. The number of aryl methyl sites for hydroxylation is 2. The number of nitrogens with zero attached hydrogens (tertiary/aromatic N) is 1. The fourth-order valence-electron chi connectivity index (χ4n) is 1.26. The topological polar surface area (TPSA) is 12.9 Å². The van der Waals surface area contributed by atoms with Gasteiger partial charge in [0.05, 0.1) is 0 Å². The molecular weight excluding hydrogens is 146 g/mol. The summed E-state index contributed by atoms with van der Waals surface area (Å²) in [4.78, 5) is 4.40. The van der Waals surface area contributed by atoms with Gasteiger partial charge in [0, 0.05) is 11.4 Å². The van der Waals surface area contributed by atoms with Gasteiger partial charge in [-0.15, -0.1) is 0 Å². The maximum Gasteiger partial charge on any atom is 0.0450 e. The van der Waals surface area contributed by atoms with Gasteiger partial charge in [-0.1, -0.05) is 12.1 Å². The highest BCUT2D eigenvalue weighted by Gasteiger charge is 1.99. The van der Waals surface area contributed by atoms with Crippen molar-refractivity contribution in [1.29, 1.82) is 0 Å². The van der Waals surface area contributed by atoms with Crippen molar-refractivity contribution in [3.05, 3.63) is 35.2 Å². The van der Waals surface area contributed by atoms with Gasteiger partial charge < -0.3 is 0 Å². The molecule has 0 atom stereocenters. The largest absolute Gasteiger partial charge is 0.258 e. The van der Waals surface area contributed by atoms with E-state index in [0.29, 0.717) is 0 Å². The van der Waals surface area contributed by atoms with E-state index in [4.69, 9.17) is 0 Å². The van der Waals surface area contributed by atoms with Crippen LogP contribution in [0.5, 0.6) is 0 Å². The molecule has 0 saturated heterocycles. The van der Waals surface area contributed by atoms with Crippen LogP contribution in [-0.4, -0.2) is 4.98 Å². The van der Waals surface area contributed by atoms with Crippen LogP contribution in [0.3, 0.4) is 0 Å². The lowest BCUT2D eigenvalue weighted by Crippen LogP contribution is -1.91. The van der Waals surface area contributed by atoms with Crippen molar-refractivity contribution in [3.8, 4) is 0 Å². The lowest BCUT2D eigenvalue weighted by Gasteiger charge is -2.05. The van der Waals surface area contributed by atoms with Crippen LogP contribution in [0.2, 0.25) is 0 Å². The second-order valence-electron chi connectivity index (χ2n) is 3.06. The molecule has 1 aromatic rings. The summed E-state index contributed by atoms with van der Waals surface area (Å²) in [5.41, 5.74) is 4.74. The van der Waals surface area contributed by atoms with Gasteiger partial charge in [0.15, 0.2) is 0 Å². The molecular formula is C11H15N. The molecule has 0 amide bonds. The van der Waals surface area contributed by atoms with Crippen LogP contribution < -0.4 is 0 Å². The van der Waals surface area contributed by atoms with Gasteiger partial charge in [0.2, 0.25) is 0 Å². The number of hydrogen-bond donors (Lipinski definition) is 0. The molecule has 0 radical (unpaired) electrons. The molecule has 0 aliphatic rings. The highest BCUT2D eigenvalue weighted by Crippen LogP contribution is 2.16. The summed E-state index contributed by atoms with van der Waals surface area (Å²) in [6.45, 7) is 8.23. The molecule has 0 fully saturated rings. The van der Waals surface area contributed by atoms with E-state index in [2.05, 4.69) is 44.0 Å². The number of aromatic nitrogens is 1. The van der Waals surface area contributed by atoms with Crippen LogP contribution in [-0.2, 0) is 0 Å². The third-order valence-electron chi connectivity index (χ3n) is 2.08. The average molecular weight is 161 g/mol. The zero-order valence-electron chi connectivity index (χ0n) is 8.18. The number of allylic oxidation sites excluding steroid dienone is 2. The first-order valence-corrected chi connectivity index (χ1v) is 4.22. The Hall–Kier alpha value is -1.11. The van der Waals surface area contributed by atoms with Crippen molar-refractivity contribution < 1.29 is 0 Å². The van der Waals surface area contributed by atoms with E-state index in [0.717, 1.165) is 11.4 Å². The Labute approximate surface area is 74.2 Å². The SMILES string of the molecule is C/C=C(/C)c1ccc(C)nc1C. The number of rotatable bonds is 1. The maximum absolute atomic E-state index is 4.40. The van der Waals surface area contributed by atoms with Crippen LogP contribution in [0.15, 0.2) is 18.2 Å². The number of hydrogen-bond acceptors (Lipinski definition) is 1. The summed E-state index contributed by atoms with van der Waals surface area (Å²) < 4.78 is 0. The van der Waals surface area contributed by atoms with Crippen LogP contribution in [0.1, 0.15) is 30.8 Å². The van der Waals surface area contributed by atoms with Gasteiger partial charge in [0.1, 0.15) is 0 Å². The smallest absolute Gasteiger partial charge is 0.0450 e. The number of pyridine rings is 1. The Bertz CT molecular complexity index is 311. The first-order chi connectivity index (χ1) is 5.65. The first kappa shape index (κ1) is 8.98. The van der Waals surface area contributed by atoms with E-state index >= 15 is 0 Å². The van der Waals surface area contributed by atoms with E-state index in [1.807, 2.05) is 6.92 Å². The molecule has 1 aromatic heterocycles. The molecule has 1 heteroatoms. The van der Waals surface area contributed by atoms with Gasteiger partial charge in [-0.3, -0.25) is 4.98 Å². The van der Waals surface area contributed by atoms with Crippen molar-refractivity contribution in [1.82, 2.24) is 4.98 Å². The van der Waals surface area contributed by atoms with Gasteiger partial charge in [-0.05, 0) is 44.9 Å². The summed E-state index contributed by atoms with van der Waals surface area (Å²) in [5, 5.41) is 0.